The third-order valence-electron chi connectivity index (χ3n) is 6.59. The van der Waals surface area contributed by atoms with Crippen molar-refractivity contribution in [2.24, 2.45) is 17.1 Å². The summed E-state index contributed by atoms with van der Waals surface area (Å²) >= 11 is 0. The molecule has 0 heterocycles. The van der Waals surface area contributed by atoms with Gasteiger partial charge < -0.3 is 10.2 Å². The Morgan fingerprint density at radius 1 is 1.03 bits per heavy atom. The molecule has 0 saturated carbocycles. The molecule has 2 N–H and O–H groups in total. The summed E-state index contributed by atoms with van der Waals surface area (Å²) < 4.78 is 21.8. The molecule has 2 aromatic rings. The molecule has 2 nitrogen and oxygen atoms in total. The Bertz CT molecular complexity index is 820. The molecule has 3 atom stereocenters. The molecule has 2 rings (SSSR count). The van der Waals surface area contributed by atoms with Crippen molar-refractivity contribution in [1.82, 2.24) is 0 Å². The van der Waals surface area contributed by atoms with Gasteiger partial charge in [0, 0.05) is 11.3 Å². The number of nitrogens with two attached hydrogens (primary N) is 1. The maximum absolute atomic E-state index is 15.7. The van der Waals surface area contributed by atoms with E-state index in [1.807, 2.05) is 62.4 Å². The van der Waals surface area contributed by atoms with E-state index in [1.54, 1.807) is 6.08 Å². The summed E-state index contributed by atoms with van der Waals surface area (Å²) in [5.74, 6) is -0.343. The van der Waals surface area contributed by atoms with Gasteiger partial charge in [-0.05, 0) is 35.5 Å². The minimum absolute atomic E-state index is 0.0498. The molecule has 31 heavy (non-hydrogen) atoms. The fourth-order valence-electron chi connectivity index (χ4n) is 4.70. The molecule has 0 radical (unpaired) electrons. The van der Waals surface area contributed by atoms with E-state index in [0.717, 1.165) is 24.8 Å². The lowest BCUT2D eigenvalue weighted by atomic mass is 9.73. The molecule has 0 bridgehead atoms. The zero-order valence-corrected chi connectivity index (χ0v) is 22.1. The van der Waals surface area contributed by atoms with Crippen molar-refractivity contribution in [1.29, 1.82) is 0 Å². The summed E-state index contributed by atoms with van der Waals surface area (Å²) in [6.45, 7) is 10.7. The molecule has 0 aliphatic heterocycles. The van der Waals surface area contributed by atoms with E-state index in [2.05, 4.69) is 32.9 Å². The number of hydrogen-bond donors (Lipinski definition) is 1. The first-order valence-electron chi connectivity index (χ1n) is 11.4. The second-order valence-corrected chi connectivity index (χ2v) is 10.3. The second kappa shape index (κ2) is 11.2. The Morgan fingerprint density at radius 2 is 1.58 bits per heavy atom. The molecule has 4 heteroatoms. The monoisotopic (exact) mass is 441 g/mol. The van der Waals surface area contributed by atoms with Crippen LogP contribution in [-0.4, -0.2) is 22.6 Å². The molecule has 170 valence electrons. The lowest BCUT2D eigenvalue weighted by molar-refractivity contribution is 0.0388. The van der Waals surface area contributed by atoms with Gasteiger partial charge in [0.2, 0.25) is 0 Å². The van der Waals surface area contributed by atoms with Gasteiger partial charge in [0.15, 0.2) is 0 Å². The minimum atomic E-state index is -0.725. The summed E-state index contributed by atoms with van der Waals surface area (Å²) in [4.78, 5) is 0. The smallest absolute Gasteiger partial charge is 0.146 e. The number of halogens is 1. The normalized spacial score (nSPS) is 16.2. The largest absolute Gasteiger partial charge is 0.424 e. The molecule has 0 fully saturated rings. The van der Waals surface area contributed by atoms with E-state index < -0.39 is 11.5 Å². The fraction of sp³-hybridized carbons (Fsp3) is 0.481. The van der Waals surface area contributed by atoms with Crippen LogP contribution in [0, 0.1) is 11.3 Å². The van der Waals surface area contributed by atoms with Crippen LogP contribution in [0.15, 0.2) is 72.6 Å². The van der Waals surface area contributed by atoms with E-state index in [1.165, 1.54) is 5.56 Å². The van der Waals surface area contributed by atoms with Gasteiger partial charge in [-0.3, -0.25) is 0 Å². The van der Waals surface area contributed by atoms with Gasteiger partial charge in [-0.2, -0.15) is 0 Å². The zero-order valence-electron chi connectivity index (χ0n) is 20.1. The zero-order chi connectivity index (χ0) is 23.1. The van der Waals surface area contributed by atoms with Gasteiger partial charge in [0.1, 0.15) is 16.3 Å². The van der Waals surface area contributed by atoms with Crippen LogP contribution in [0.4, 0.5) is 4.39 Å². The van der Waals surface area contributed by atoms with E-state index in [0.29, 0.717) is 10.5 Å². The van der Waals surface area contributed by atoms with Crippen molar-refractivity contribution in [2.45, 2.75) is 71.4 Å². The van der Waals surface area contributed by atoms with Gasteiger partial charge in [0.25, 0.3) is 0 Å². The highest BCUT2D eigenvalue weighted by atomic mass is 28.2. The summed E-state index contributed by atoms with van der Waals surface area (Å²) in [6, 6.07) is 19.5. The van der Waals surface area contributed by atoms with Crippen molar-refractivity contribution in [3.05, 3.63) is 83.7 Å². The summed E-state index contributed by atoms with van der Waals surface area (Å²) in [6.07, 6.45) is 4.52. The first kappa shape index (κ1) is 25.5. The van der Waals surface area contributed by atoms with Crippen molar-refractivity contribution in [3.8, 4) is 0 Å². The maximum Gasteiger partial charge on any atom is 0.146 e. The van der Waals surface area contributed by atoms with Gasteiger partial charge in [-0.15, -0.1) is 0 Å². The Labute approximate surface area is 191 Å². The highest BCUT2D eigenvalue weighted by molar-refractivity contribution is 5.98. The Hall–Kier alpha value is -1.75. The lowest BCUT2D eigenvalue weighted by Crippen LogP contribution is -2.43. The van der Waals surface area contributed by atoms with Gasteiger partial charge in [-0.25, -0.2) is 4.39 Å². The molecular weight excluding hydrogens is 401 g/mol. The van der Waals surface area contributed by atoms with E-state index in [4.69, 9.17) is 10.2 Å². The van der Waals surface area contributed by atoms with Crippen molar-refractivity contribution in [2.75, 3.05) is 0 Å². The van der Waals surface area contributed by atoms with Crippen molar-refractivity contribution < 1.29 is 8.82 Å². The summed E-state index contributed by atoms with van der Waals surface area (Å²) in [7, 11) is 0.610. The van der Waals surface area contributed by atoms with Crippen LogP contribution in [0.25, 0.3) is 0 Å². The second-order valence-electron chi connectivity index (χ2n) is 9.87. The Morgan fingerprint density at radius 3 is 2.10 bits per heavy atom. The number of rotatable bonds is 11. The lowest BCUT2D eigenvalue weighted by Gasteiger charge is -2.39. The van der Waals surface area contributed by atoms with Crippen LogP contribution in [0.5, 0.6) is 0 Å². The average Bonchev–Trinajstić information content (AvgIpc) is 2.74. The maximum atomic E-state index is 15.7. The highest BCUT2D eigenvalue weighted by Crippen LogP contribution is 2.37. The van der Waals surface area contributed by atoms with Gasteiger partial charge in [-0.1, -0.05) is 102 Å². The Balaban J connectivity index is 2.41. The molecule has 0 saturated heterocycles. The molecule has 0 unspecified atom stereocenters. The predicted molar refractivity (Wildman–Crippen MR) is 134 cm³/mol. The van der Waals surface area contributed by atoms with Crippen molar-refractivity contribution >= 4 is 10.5 Å². The average molecular weight is 442 g/mol. The standard InChI is InChI=1S/C27H40FNOSi/c1-6-17-26(2,3)25(30-31)21(18-20-13-9-7-10-14-20)19-23(28)24(29)27(4,5)22-15-11-8-12-16-22/h7-16,19,21,24-25H,6,17-18,29H2,1-5,31H3/b23-19+/t21-,24-,25-/m1/s1. The predicted octanol–water partition coefficient (Wildman–Crippen LogP) is 5.50. The Kier molecular flexibility index (Phi) is 9.23. The highest BCUT2D eigenvalue weighted by Gasteiger charge is 2.36. The van der Waals surface area contributed by atoms with Crippen LogP contribution < -0.4 is 5.73 Å². The van der Waals surface area contributed by atoms with E-state index in [-0.39, 0.29) is 23.3 Å². The van der Waals surface area contributed by atoms with Gasteiger partial charge in [0.05, 0.1) is 12.1 Å². The summed E-state index contributed by atoms with van der Waals surface area (Å²) in [5, 5.41) is 0. The molecule has 0 amide bonds. The molecule has 2 aromatic carbocycles. The fourth-order valence-corrected chi connectivity index (χ4v) is 5.69. The summed E-state index contributed by atoms with van der Waals surface area (Å²) in [5.41, 5.74) is 8.15. The topological polar surface area (TPSA) is 35.2 Å². The quantitative estimate of drug-likeness (QED) is 0.468. The molecular formula is C27H40FNOSi. The molecule has 0 aromatic heterocycles. The van der Waals surface area contributed by atoms with E-state index >= 15 is 4.39 Å². The SMILES string of the molecule is CCCC(C)(C)[C@H](O[SiH3])[C@@H](/C=C(/F)[C@@H](N)C(C)(C)c1ccccc1)Cc1ccccc1. The third-order valence-corrected chi connectivity index (χ3v) is 7.10. The molecule has 0 spiro atoms. The molecule has 0 aliphatic carbocycles. The van der Waals surface area contributed by atoms with Crippen molar-refractivity contribution in [3.63, 3.8) is 0 Å². The van der Waals surface area contributed by atoms with Crippen LogP contribution in [0.1, 0.15) is 58.6 Å². The van der Waals surface area contributed by atoms with E-state index in [9.17, 15) is 0 Å². The first-order valence-corrected chi connectivity index (χ1v) is 12.2. The van der Waals surface area contributed by atoms with Crippen LogP contribution in [0.3, 0.4) is 0 Å². The third kappa shape index (κ3) is 6.61. The number of benzene rings is 2. The van der Waals surface area contributed by atoms with Crippen LogP contribution in [-0.2, 0) is 16.3 Å². The first-order chi connectivity index (χ1) is 14.6. The minimum Gasteiger partial charge on any atom is -0.424 e. The van der Waals surface area contributed by atoms with Gasteiger partial charge >= 0.3 is 0 Å². The number of hydrogen-bond acceptors (Lipinski definition) is 2. The van der Waals surface area contributed by atoms with Crippen LogP contribution >= 0.6 is 0 Å². The molecule has 0 aliphatic rings. The van der Waals surface area contributed by atoms with Crippen LogP contribution in [0.2, 0.25) is 0 Å².